The lowest BCUT2D eigenvalue weighted by Gasteiger charge is -2.46. The topological polar surface area (TPSA) is 223 Å². The van der Waals surface area contributed by atoms with Gasteiger partial charge in [-0.05, 0) is 37.1 Å². The Labute approximate surface area is 315 Å². The zero-order chi connectivity index (χ0) is 39.6. The third-order valence-electron chi connectivity index (χ3n) is 10.1. The number of anilines is 1. The molecule has 2 aliphatic heterocycles. The number of nitrogens with zero attached hydrogens (tertiary/aromatic N) is 2. The largest absolute Gasteiger partial charge is 0.463 e. The fourth-order valence-electron chi connectivity index (χ4n) is 7.93. The minimum absolute atomic E-state index is 0.185. The SMILES string of the molecule is CC(=O)OC[C@H]1O[C@@H](O/N=C2\C[C@@H](O)[C@@H](O)[C@@H]3[C@@H]4C(=O)N(c5cccc(Oc6ccccc6)c5)C(=O)[C@@H]4CC[C@H]23)[C@H](OC(C)=O)[C@@H](OC(C)=O)[C@@H]1OC(C)=O. The fourth-order valence-corrected chi connectivity index (χ4v) is 7.93. The van der Waals surface area contributed by atoms with Crippen molar-refractivity contribution in [3.63, 3.8) is 0 Å². The van der Waals surface area contributed by atoms with Crippen LogP contribution in [0, 0.1) is 23.7 Å². The summed E-state index contributed by atoms with van der Waals surface area (Å²) in [5, 5.41) is 26.7. The number of carbonyl (C=O) groups is 6. The molecule has 17 heteroatoms. The van der Waals surface area contributed by atoms with E-state index in [1.54, 1.807) is 36.4 Å². The van der Waals surface area contributed by atoms with Gasteiger partial charge >= 0.3 is 23.9 Å². The first-order valence-corrected chi connectivity index (χ1v) is 17.8. The first-order valence-electron chi connectivity index (χ1n) is 17.8. The van der Waals surface area contributed by atoms with Gasteiger partial charge in [-0.15, -0.1) is 0 Å². The number of fused-ring (bicyclic) bond motifs is 3. The maximum absolute atomic E-state index is 14.2. The molecule has 2 heterocycles. The van der Waals surface area contributed by atoms with E-state index in [1.165, 1.54) is 0 Å². The highest BCUT2D eigenvalue weighted by Crippen LogP contribution is 2.50. The second-order valence-electron chi connectivity index (χ2n) is 13.8. The van der Waals surface area contributed by atoms with Crippen LogP contribution in [0.4, 0.5) is 5.69 Å². The Balaban J connectivity index is 1.28. The van der Waals surface area contributed by atoms with Gasteiger partial charge in [-0.25, -0.2) is 4.90 Å². The highest BCUT2D eigenvalue weighted by molar-refractivity contribution is 6.22. The van der Waals surface area contributed by atoms with E-state index < -0.39 is 109 Å². The summed E-state index contributed by atoms with van der Waals surface area (Å²) in [7, 11) is 0. The van der Waals surface area contributed by atoms with Crippen molar-refractivity contribution in [3.05, 3.63) is 54.6 Å². The van der Waals surface area contributed by atoms with Gasteiger partial charge < -0.3 is 43.5 Å². The molecule has 0 bridgehead atoms. The highest BCUT2D eigenvalue weighted by atomic mass is 16.8. The monoisotopic (exact) mass is 766 g/mol. The number of rotatable bonds is 10. The number of aliphatic hydroxyl groups is 2. The molecule has 294 valence electrons. The minimum Gasteiger partial charge on any atom is -0.463 e. The van der Waals surface area contributed by atoms with Gasteiger partial charge in [0.1, 0.15) is 24.2 Å². The molecule has 0 aromatic heterocycles. The zero-order valence-electron chi connectivity index (χ0n) is 30.5. The van der Waals surface area contributed by atoms with Crippen LogP contribution in [-0.4, -0.2) is 101 Å². The summed E-state index contributed by atoms with van der Waals surface area (Å²) in [6.45, 7) is 3.91. The number of esters is 4. The van der Waals surface area contributed by atoms with Crippen LogP contribution in [0.15, 0.2) is 59.8 Å². The average molecular weight is 767 g/mol. The molecule has 4 aliphatic rings. The van der Waals surface area contributed by atoms with Crippen molar-refractivity contribution < 1.29 is 72.2 Å². The molecule has 2 N–H and O–H groups in total. The summed E-state index contributed by atoms with van der Waals surface area (Å²) in [5.41, 5.74) is 0.521. The van der Waals surface area contributed by atoms with Gasteiger partial charge in [0.15, 0.2) is 12.2 Å². The number of oxime groups is 1. The Morgan fingerprint density at radius 2 is 1.42 bits per heavy atom. The van der Waals surface area contributed by atoms with E-state index in [-0.39, 0.29) is 18.6 Å². The molecule has 2 aromatic rings. The minimum atomic E-state index is -1.64. The number of carbonyl (C=O) groups excluding carboxylic acids is 6. The van der Waals surface area contributed by atoms with E-state index in [1.807, 2.05) is 18.2 Å². The van der Waals surface area contributed by atoms with Crippen LogP contribution >= 0.6 is 0 Å². The van der Waals surface area contributed by atoms with Gasteiger partial charge in [0.25, 0.3) is 6.29 Å². The molecule has 2 amide bonds. The van der Waals surface area contributed by atoms with E-state index in [0.29, 0.717) is 23.6 Å². The molecule has 2 saturated heterocycles. The molecular formula is C38H42N2O15. The third-order valence-corrected chi connectivity index (χ3v) is 10.1. The van der Waals surface area contributed by atoms with E-state index >= 15 is 0 Å². The Morgan fingerprint density at radius 3 is 2.09 bits per heavy atom. The predicted molar refractivity (Wildman–Crippen MR) is 186 cm³/mol. The standard InChI is InChI=1S/C38H42N2O15/c1-18(41)49-17-29-33(50-19(2)42)34(51-20(3)43)35(52-21(4)44)38(54-29)55-39-27-16-28(45)32(46)30-25(27)13-14-26-31(30)37(48)40(36(26)47)22-9-8-12-24(15-22)53-23-10-6-5-7-11-23/h5-12,15,25-26,28-35,38,45-46H,13-14,16-17H2,1-4H3/b39-27+/t25-,26-,28-,29-,30+,31-,32-,33-,34+,35-,38+/m1/s1. The first kappa shape index (κ1) is 39.3. The lowest BCUT2D eigenvalue weighted by atomic mass is 9.60. The summed E-state index contributed by atoms with van der Waals surface area (Å²) in [6, 6.07) is 15.5. The van der Waals surface area contributed by atoms with Crippen molar-refractivity contribution in [2.45, 2.75) is 89.9 Å². The molecular weight excluding hydrogens is 724 g/mol. The number of hydrogen-bond donors (Lipinski definition) is 2. The summed E-state index contributed by atoms with van der Waals surface area (Å²) in [6.07, 6.45) is -9.84. The molecule has 2 aromatic carbocycles. The zero-order valence-corrected chi connectivity index (χ0v) is 30.5. The molecule has 0 radical (unpaired) electrons. The fraction of sp³-hybridized carbons (Fsp3) is 0.500. The maximum atomic E-state index is 14.2. The third kappa shape index (κ3) is 8.48. The highest BCUT2D eigenvalue weighted by Gasteiger charge is 2.60. The quantitative estimate of drug-likeness (QED) is 0.153. The number of para-hydroxylation sites is 1. The van der Waals surface area contributed by atoms with Crippen LogP contribution in [-0.2, 0) is 57.3 Å². The van der Waals surface area contributed by atoms with Crippen LogP contribution in [0.5, 0.6) is 11.5 Å². The average Bonchev–Trinajstić information content (AvgIpc) is 3.39. The van der Waals surface area contributed by atoms with Crippen molar-refractivity contribution in [1.82, 2.24) is 0 Å². The predicted octanol–water partition coefficient (Wildman–Crippen LogP) is 2.19. The molecule has 0 spiro atoms. The van der Waals surface area contributed by atoms with Crippen molar-refractivity contribution in [3.8, 4) is 11.5 Å². The summed E-state index contributed by atoms with van der Waals surface area (Å²) in [4.78, 5) is 83.2. The Kier molecular flexibility index (Phi) is 11.8. The summed E-state index contributed by atoms with van der Waals surface area (Å²) >= 11 is 0. The van der Waals surface area contributed by atoms with E-state index in [2.05, 4.69) is 5.16 Å². The number of hydrogen-bond acceptors (Lipinski definition) is 16. The van der Waals surface area contributed by atoms with Gasteiger partial charge in [0.2, 0.25) is 17.9 Å². The molecule has 2 aliphatic carbocycles. The first-order chi connectivity index (χ1) is 26.2. The molecule has 17 nitrogen and oxygen atoms in total. The van der Waals surface area contributed by atoms with Crippen LogP contribution in [0.25, 0.3) is 0 Å². The normalized spacial score (nSPS) is 32.1. The summed E-state index contributed by atoms with van der Waals surface area (Å²) < 4.78 is 33.3. The maximum Gasteiger partial charge on any atom is 0.303 e. The second kappa shape index (κ2) is 16.5. The molecule has 4 fully saturated rings. The number of imide groups is 1. The Bertz CT molecular complexity index is 1830. The lowest BCUT2D eigenvalue weighted by molar-refractivity contribution is -0.308. The number of ether oxygens (including phenoxy) is 6. The van der Waals surface area contributed by atoms with Gasteiger partial charge in [0.05, 0.1) is 35.4 Å². The molecule has 6 rings (SSSR count). The van der Waals surface area contributed by atoms with E-state index in [9.17, 15) is 39.0 Å². The molecule has 2 saturated carbocycles. The second-order valence-corrected chi connectivity index (χ2v) is 13.8. The lowest BCUT2D eigenvalue weighted by Crippen LogP contribution is -2.62. The van der Waals surface area contributed by atoms with Crippen LogP contribution in [0.3, 0.4) is 0 Å². The number of amides is 2. The van der Waals surface area contributed by atoms with Crippen molar-refractivity contribution in [1.29, 1.82) is 0 Å². The van der Waals surface area contributed by atoms with Gasteiger partial charge in [-0.2, -0.15) is 0 Å². The Morgan fingerprint density at radius 1 is 0.782 bits per heavy atom. The molecule has 55 heavy (non-hydrogen) atoms. The summed E-state index contributed by atoms with van der Waals surface area (Å²) in [5.74, 6) is -6.57. The van der Waals surface area contributed by atoms with Crippen LogP contribution in [0.2, 0.25) is 0 Å². The van der Waals surface area contributed by atoms with Gasteiger partial charge in [0, 0.05) is 52.0 Å². The Hall–Kier alpha value is -5.39. The van der Waals surface area contributed by atoms with Crippen molar-refractivity contribution >= 4 is 47.1 Å². The van der Waals surface area contributed by atoms with E-state index in [4.69, 9.17) is 33.3 Å². The smallest absolute Gasteiger partial charge is 0.303 e. The van der Waals surface area contributed by atoms with Crippen LogP contribution in [0.1, 0.15) is 47.0 Å². The molecule has 11 atom stereocenters. The van der Waals surface area contributed by atoms with Crippen molar-refractivity contribution in [2.75, 3.05) is 11.5 Å². The van der Waals surface area contributed by atoms with Crippen molar-refractivity contribution in [2.24, 2.45) is 28.8 Å². The van der Waals surface area contributed by atoms with Gasteiger partial charge in [-0.1, -0.05) is 29.4 Å². The number of benzene rings is 2. The van der Waals surface area contributed by atoms with E-state index in [0.717, 1.165) is 32.6 Å². The molecule has 0 unspecified atom stereocenters. The van der Waals surface area contributed by atoms with Gasteiger partial charge in [-0.3, -0.25) is 28.8 Å². The number of aliphatic hydroxyl groups excluding tert-OH is 2. The van der Waals surface area contributed by atoms with Crippen LogP contribution < -0.4 is 9.64 Å².